The Morgan fingerprint density at radius 1 is 1.06 bits per heavy atom. The van der Waals surface area contributed by atoms with E-state index >= 15 is 0 Å². The van der Waals surface area contributed by atoms with Crippen LogP contribution in [0, 0.1) is 0 Å². The van der Waals surface area contributed by atoms with Crippen molar-refractivity contribution >= 4 is 28.5 Å². The van der Waals surface area contributed by atoms with Gasteiger partial charge in [-0.25, -0.2) is 0 Å². The quantitative estimate of drug-likeness (QED) is 0.539. The van der Waals surface area contributed by atoms with Gasteiger partial charge in [0, 0.05) is 0 Å². The van der Waals surface area contributed by atoms with Gasteiger partial charge in [0.2, 0.25) is 0 Å². The minimum absolute atomic E-state index is 1.34. The summed E-state index contributed by atoms with van der Waals surface area (Å²) in [5.74, 6) is 0. The molecule has 0 saturated carbocycles. The number of benzene rings is 2. The van der Waals surface area contributed by atoms with E-state index in [0.717, 1.165) is 0 Å². The van der Waals surface area contributed by atoms with Gasteiger partial charge >= 0.3 is 0 Å². The topological polar surface area (TPSA) is 0 Å². The molecule has 0 bridgehead atoms. The molecule has 3 rings (SSSR count). The van der Waals surface area contributed by atoms with Crippen molar-refractivity contribution in [2.75, 3.05) is 0 Å². The zero-order valence-electron chi connectivity index (χ0n) is 9.62. The van der Waals surface area contributed by atoms with Gasteiger partial charge in [-0.2, -0.15) is 0 Å². The number of hydrogen-bond acceptors (Lipinski definition) is 0. The minimum Gasteiger partial charge on any atom is -0.0841 e. The molecule has 2 aromatic carbocycles. The van der Waals surface area contributed by atoms with Crippen molar-refractivity contribution in [1.82, 2.24) is 0 Å². The summed E-state index contributed by atoms with van der Waals surface area (Å²) in [4.78, 5) is 0. The molecule has 0 N–H and O–H groups in total. The Morgan fingerprint density at radius 3 is 2.75 bits per heavy atom. The first-order chi connectivity index (χ1) is 7.81. The molecule has 0 spiro atoms. The third kappa shape index (κ3) is 1.16. The summed E-state index contributed by atoms with van der Waals surface area (Å²) in [6.45, 7) is 4.27. The standard InChI is InChI=1S/C16H14/c1-3-11(2)14-9-7-12-5-4-6-13-8-10-15(14)16(12)13/h3-10H,1-2H3/b11-3+. The highest BCUT2D eigenvalue weighted by Crippen LogP contribution is 2.35. The maximum atomic E-state index is 2.24. The molecule has 78 valence electrons. The van der Waals surface area contributed by atoms with E-state index in [1.54, 1.807) is 0 Å². The lowest BCUT2D eigenvalue weighted by molar-refractivity contribution is 1.55. The highest BCUT2D eigenvalue weighted by atomic mass is 14.2. The van der Waals surface area contributed by atoms with E-state index in [9.17, 15) is 0 Å². The molecule has 0 unspecified atom stereocenters. The second kappa shape index (κ2) is 3.34. The van der Waals surface area contributed by atoms with Crippen LogP contribution < -0.4 is 0 Å². The Labute approximate surface area is 95.9 Å². The highest BCUT2D eigenvalue weighted by molar-refractivity contribution is 6.07. The first-order valence-corrected chi connectivity index (χ1v) is 5.68. The van der Waals surface area contributed by atoms with Gasteiger partial charge in [0.1, 0.15) is 0 Å². The smallest absolute Gasteiger partial charge is 0.00327 e. The Hall–Kier alpha value is -1.82. The molecule has 0 aliphatic heterocycles. The maximum Gasteiger partial charge on any atom is -0.00327 e. The van der Waals surface area contributed by atoms with Crippen molar-refractivity contribution in [2.45, 2.75) is 13.8 Å². The molecule has 0 amide bonds. The first-order valence-electron chi connectivity index (χ1n) is 5.68. The van der Waals surface area contributed by atoms with Crippen LogP contribution in [-0.4, -0.2) is 0 Å². The summed E-state index contributed by atoms with van der Waals surface area (Å²) in [6, 6.07) is 10.9. The van der Waals surface area contributed by atoms with Gasteiger partial charge in [-0.1, -0.05) is 48.6 Å². The van der Waals surface area contributed by atoms with Crippen molar-refractivity contribution < 1.29 is 0 Å². The lowest BCUT2D eigenvalue weighted by Crippen LogP contribution is -1.86. The SMILES string of the molecule is C/C=C(\C)c1ccc2cccc3c2c1C=C3. The molecule has 0 aromatic heterocycles. The number of hydrogen-bond donors (Lipinski definition) is 0. The Bertz CT molecular complexity index is 628. The van der Waals surface area contributed by atoms with Crippen LogP contribution in [0.2, 0.25) is 0 Å². The molecule has 0 saturated heterocycles. The third-order valence-corrected chi connectivity index (χ3v) is 3.41. The van der Waals surface area contributed by atoms with Gasteiger partial charge in [0.25, 0.3) is 0 Å². The van der Waals surface area contributed by atoms with Crippen molar-refractivity contribution in [2.24, 2.45) is 0 Å². The molecule has 16 heavy (non-hydrogen) atoms. The molecule has 0 heterocycles. The average molecular weight is 206 g/mol. The van der Waals surface area contributed by atoms with Crippen molar-refractivity contribution in [3.63, 3.8) is 0 Å². The molecule has 1 aliphatic carbocycles. The normalized spacial score (nSPS) is 13.8. The van der Waals surface area contributed by atoms with Crippen LogP contribution in [0.5, 0.6) is 0 Å². The van der Waals surface area contributed by atoms with Gasteiger partial charge in [-0.05, 0) is 46.9 Å². The summed E-state index contributed by atoms with van der Waals surface area (Å²) in [5, 5.41) is 2.74. The van der Waals surface area contributed by atoms with Gasteiger partial charge in [-0.3, -0.25) is 0 Å². The monoisotopic (exact) mass is 206 g/mol. The molecule has 0 nitrogen and oxygen atoms in total. The fourth-order valence-electron chi connectivity index (χ4n) is 2.42. The summed E-state index contributed by atoms with van der Waals surface area (Å²) >= 11 is 0. The van der Waals surface area contributed by atoms with E-state index < -0.39 is 0 Å². The second-order valence-corrected chi connectivity index (χ2v) is 4.28. The van der Waals surface area contributed by atoms with Crippen LogP contribution >= 0.6 is 0 Å². The van der Waals surface area contributed by atoms with Crippen LogP contribution in [0.15, 0.2) is 36.4 Å². The van der Waals surface area contributed by atoms with Gasteiger partial charge in [-0.15, -0.1) is 0 Å². The minimum atomic E-state index is 1.34. The van der Waals surface area contributed by atoms with E-state index in [0.29, 0.717) is 0 Å². The van der Waals surface area contributed by atoms with Crippen LogP contribution in [0.25, 0.3) is 28.5 Å². The Balaban J connectivity index is 2.43. The molecule has 0 atom stereocenters. The summed E-state index contributed by atoms with van der Waals surface area (Å²) in [7, 11) is 0. The predicted molar refractivity (Wildman–Crippen MR) is 72.2 cm³/mol. The fraction of sp³-hybridized carbons (Fsp3) is 0.125. The third-order valence-electron chi connectivity index (χ3n) is 3.41. The highest BCUT2D eigenvalue weighted by Gasteiger charge is 2.12. The van der Waals surface area contributed by atoms with Gasteiger partial charge in [0.15, 0.2) is 0 Å². The van der Waals surface area contributed by atoms with E-state index in [4.69, 9.17) is 0 Å². The maximum absolute atomic E-state index is 2.24. The zero-order chi connectivity index (χ0) is 11.1. The van der Waals surface area contributed by atoms with Crippen molar-refractivity contribution in [3.05, 3.63) is 53.1 Å². The lowest BCUT2D eigenvalue weighted by atomic mass is 9.96. The second-order valence-electron chi connectivity index (χ2n) is 4.28. The molecular weight excluding hydrogens is 192 g/mol. The van der Waals surface area contributed by atoms with Crippen LogP contribution in [-0.2, 0) is 0 Å². The zero-order valence-corrected chi connectivity index (χ0v) is 9.62. The van der Waals surface area contributed by atoms with Crippen LogP contribution in [0.3, 0.4) is 0 Å². The Morgan fingerprint density at radius 2 is 1.94 bits per heavy atom. The molecule has 1 aliphatic rings. The summed E-state index contributed by atoms with van der Waals surface area (Å²) in [5.41, 5.74) is 5.43. The van der Waals surface area contributed by atoms with Gasteiger partial charge in [0.05, 0.1) is 0 Å². The van der Waals surface area contributed by atoms with E-state index in [2.05, 4.69) is 62.4 Å². The number of allylic oxidation sites excluding steroid dienone is 2. The van der Waals surface area contributed by atoms with E-state index in [-0.39, 0.29) is 0 Å². The largest absolute Gasteiger partial charge is 0.0841 e. The molecule has 2 aromatic rings. The van der Waals surface area contributed by atoms with Crippen LogP contribution in [0.1, 0.15) is 30.5 Å². The summed E-state index contributed by atoms with van der Waals surface area (Å²) < 4.78 is 0. The number of rotatable bonds is 1. The van der Waals surface area contributed by atoms with Crippen LogP contribution in [0.4, 0.5) is 0 Å². The van der Waals surface area contributed by atoms with Crippen molar-refractivity contribution in [1.29, 1.82) is 0 Å². The molecule has 0 heteroatoms. The molecule has 0 radical (unpaired) electrons. The van der Waals surface area contributed by atoms with Crippen molar-refractivity contribution in [3.8, 4) is 0 Å². The summed E-state index contributed by atoms with van der Waals surface area (Å²) in [6.07, 6.45) is 6.62. The van der Waals surface area contributed by atoms with Gasteiger partial charge < -0.3 is 0 Å². The first kappa shape index (κ1) is 9.41. The van der Waals surface area contributed by atoms with E-state index in [1.807, 2.05) is 0 Å². The lowest BCUT2D eigenvalue weighted by Gasteiger charge is -2.08. The average Bonchev–Trinajstić information content (AvgIpc) is 2.75. The molecule has 0 fully saturated rings. The fourth-order valence-corrected chi connectivity index (χ4v) is 2.42. The Kier molecular flexibility index (Phi) is 1.97. The predicted octanol–water partition coefficient (Wildman–Crippen LogP) is 4.75. The molecular formula is C16H14. The van der Waals surface area contributed by atoms with E-state index in [1.165, 1.54) is 33.0 Å².